The van der Waals surface area contributed by atoms with Crippen LogP contribution >= 0.6 is 12.2 Å². The molecule has 70 valence electrons. The number of hydrogen-bond acceptors (Lipinski definition) is 2. The van der Waals surface area contributed by atoms with E-state index in [-0.39, 0.29) is 0 Å². The highest BCUT2D eigenvalue weighted by atomic mass is 32.1. The fourth-order valence-corrected chi connectivity index (χ4v) is 1.40. The zero-order valence-electron chi connectivity index (χ0n) is 8.29. The minimum Gasteiger partial charge on any atom is -0.388 e. The van der Waals surface area contributed by atoms with Gasteiger partial charge in [0.2, 0.25) is 0 Å². The number of rotatable bonds is 3. The number of nitrogens with one attached hydrogen (secondary N) is 1. The van der Waals surface area contributed by atoms with Crippen LogP contribution in [-0.2, 0) is 0 Å². The Morgan fingerprint density at radius 2 is 1.92 bits per heavy atom. The van der Waals surface area contributed by atoms with Crippen molar-refractivity contribution in [2.45, 2.75) is 13.8 Å². The van der Waals surface area contributed by atoms with Gasteiger partial charge < -0.3 is 5.32 Å². The molecule has 0 saturated heterocycles. The molecule has 0 spiro atoms. The molecule has 0 saturated carbocycles. The maximum absolute atomic E-state index is 5.36. The number of para-hydroxylation sites is 1. The average Bonchev–Trinajstić information content (AvgIpc) is 2.16. The molecule has 1 rings (SSSR count). The molecule has 0 bridgehead atoms. The van der Waals surface area contributed by atoms with Gasteiger partial charge in [-0.1, -0.05) is 44.3 Å². The maximum atomic E-state index is 5.36. The first-order chi connectivity index (χ1) is 6.16. The molecule has 0 radical (unpaired) electrons. The van der Waals surface area contributed by atoms with Crippen LogP contribution in [0.1, 0.15) is 19.4 Å². The first-order valence-electron chi connectivity index (χ1n) is 4.47. The van der Waals surface area contributed by atoms with E-state index in [0.29, 0.717) is 5.92 Å². The Morgan fingerprint density at radius 3 is 2.46 bits per heavy atom. The van der Waals surface area contributed by atoms with Crippen LogP contribution in [0.2, 0.25) is 0 Å². The van der Waals surface area contributed by atoms with Crippen LogP contribution in [0.25, 0.3) is 0 Å². The van der Waals surface area contributed by atoms with Crippen LogP contribution in [0.4, 0.5) is 5.69 Å². The Bertz CT molecular complexity index is 305. The van der Waals surface area contributed by atoms with Gasteiger partial charge in [-0.15, -0.1) is 0 Å². The van der Waals surface area contributed by atoms with E-state index in [4.69, 9.17) is 12.2 Å². The Labute approximate surface area is 85.2 Å². The molecular weight excluding hydrogens is 178 g/mol. The van der Waals surface area contributed by atoms with Gasteiger partial charge in [0, 0.05) is 23.2 Å². The standard InChI is InChI=1S/C11H15NS/c1-8(2)11(13)9-6-4-5-7-10(9)12-3/h4-8,12H,1-3H3. The summed E-state index contributed by atoms with van der Waals surface area (Å²) in [6.07, 6.45) is 0. The van der Waals surface area contributed by atoms with E-state index in [1.807, 2.05) is 25.2 Å². The normalized spacial score (nSPS) is 10.2. The van der Waals surface area contributed by atoms with Gasteiger partial charge in [0.1, 0.15) is 0 Å². The van der Waals surface area contributed by atoms with Crippen molar-refractivity contribution in [3.05, 3.63) is 29.8 Å². The van der Waals surface area contributed by atoms with E-state index >= 15 is 0 Å². The number of anilines is 1. The van der Waals surface area contributed by atoms with Crippen molar-refractivity contribution in [3.8, 4) is 0 Å². The highest BCUT2D eigenvalue weighted by molar-refractivity contribution is 7.80. The van der Waals surface area contributed by atoms with Gasteiger partial charge in [0.25, 0.3) is 0 Å². The van der Waals surface area contributed by atoms with Gasteiger partial charge in [-0.25, -0.2) is 0 Å². The SMILES string of the molecule is CNc1ccccc1C(=S)C(C)C. The van der Waals surface area contributed by atoms with Crippen molar-refractivity contribution >= 4 is 22.8 Å². The number of thiocarbonyl (C=S) groups is 1. The van der Waals surface area contributed by atoms with Crippen LogP contribution in [0.3, 0.4) is 0 Å². The summed E-state index contributed by atoms with van der Waals surface area (Å²) in [5.41, 5.74) is 2.26. The molecule has 0 heterocycles. The van der Waals surface area contributed by atoms with Gasteiger partial charge in [-0.3, -0.25) is 0 Å². The van der Waals surface area contributed by atoms with Gasteiger partial charge in [0.15, 0.2) is 0 Å². The molecule has 1 N–H and O–H groups in total. The van der Waals surface area contributed by atoms with Crippen molar-refractivity contribution in [2.75, 3.05) is 12.4 Å². The molecule has 1 aromatic rings. The lowest BCUT2D eigenvalue weighted by atomic mass is 10.0. The molecule has 0 fully saturated rings. The summed E-state index contributed by atoms with van der Waals surface area (Å²) in [6.45, 7) is 4.24. The largest absolute Gasteiger partial charge is 0.388 e. The Hall–Kier alpha value is -0.890. The summed E-state index contributed by atoms with van der Waals surface area (Å²) in [5, 5.41) is 3.14. The van der Waals surface area contributed by atoms with Crippen molar-refractivity contribution in [3.63, 3.8) is 0 Å². The van der Waals surface area contributed by atoms with Gasteiger partial charge in [-0.05, 0) is 12.0 Å². The van der Waals surface area contributed by atoms with Crippen molar-refractivity contribution in [2.24, 2.45) is 5.92 Å². The molecule has 0 aromatic heterocycles. The highest BCUT2D eigenvalue weighted by Crippen LogP contribution is 2.18. The summed E-state index contributed by atoms with van der Waals surface area (Å²) in [5.74, 6) is 0.421. The molecule has 1 aromatic carbocycles. The number of hydrogen-bond donors (Lipinski definition) is 1. The lowest BCUT2D eigenvalue weighted by Gasteiger charge is -2.12. The molecule has 1 nitrogen and oxygen atoms in total. The van der Waals surface area contributed by atoms with Crippen LogP contribution in [0.15, 0.2) is 24.3 Å². The monoisotopic (exact) mass is 193 g/mol. The quantitative estimate of drug-likeness (QED) is 0.585. The summed E-state index contributed by atoms with van der Waals surface area (Å²) < 4.78 is 0. The Kier molecular flexibility index (Phi) is 3.43. The van der Waals surface area contributed by atoms with Crippen molar-refractivity contribution < 1.29 is 0 Å². The van der Waals surface area contributed by atoms with E-state index < -0.39 is 0 Å². The number of benzene rings is 1. The molecule has 0 atom stereocenters. The van der Waals surface area contributed by atoms with Crippen LogP contribution in [-0.4, -0.2) is 11.9 Å². The summed E-state index contributed by atoms with van der Waals surface area (Å²) >= 11 is 5.36. The molecule has 0 amide bonds. The second kappa shape index (κ2) is 4.38. The predicted molar refractivity (Wildman–Crippen MR) is 62.5 cm³/mol. The minimum atomic E-state index is 0.421. The van der Waals surface area contributed by atoms with Gasteiger partial charge in [0.05, 0.1) is 0 Å². The third-order valence-electron chi connectivity index (χ3n) is 1.99. The zero-order valence-corrected chi connectivity index (χ0v) is 9.11. The van der Waals surface area contributed by atoms with Crippen molar-refractivity contribution in [1.82, 2.24) is 0 Å². The summed E-state index contributed by atoms with van der Waals surface area (Å²) in [4.78, 5) is 1.02. The van der Waals surface area contributed by atoms with Crippen LogP contribution in [0.5, 0.6) is 0 Å². The van der Waals surface area contributed by atoms with Crippen LogP contribution < -0.4 is 5.32 Å². The van der Waals surface area contributed by atoms with Crippen LogP contribution in [0, 0.1) is 5.92 Å². The molecular formula is C11H15NS. The van der Waals surface area contributed by atoms with Gasteiger partial charge in [-0.2, -0.15) is 0 Å². The van der Waals surface area contributed by atoms with E-state index in [2.05, 4.69) is 25.2 Å². The third-order valence-corrected chi connectivity index (χ3v) is 2.68. The van der Waals surface area contributed by atoms with Crippen molar-refractivity contribution in [1.29, 1.82) is 0 Å². The maximum Gasteiger partial charge on any atom is 0.0422 e. The van der Waals surface area contributed by atoms with E-state index in [1.165, 1.54) is 0 Å². The first-order valence-corrected chi connectivity index (χ1v) is 4.88. The lowest BCUT2D eigenvalue weighted by Crippen LogP contribution is -2.08. The fourth-order valence-electron chi connectivity index (χ4n) is 1.23. The average molecular weight is 193 g/mol. The summed E-state index contributed by atoms with van der Waals surface area (Å²) in [7, 11) is 1.92. The zero-order chi connectivity index (χ0) is 9.84. The predicted octanol–water partition coefficient (Wildman–Crippen LogP) is 3.10. The van der Waals surface area contributed by atoms with E-state index in [9.17, 15) is 0 Å². The first kappa shape index (κ1) is 10.2. The van der Waals surface area contributed by atoms with Gasteiger partial charge >= 0.3 is 0 Å². The van der Waals surface area contributed by atoms with E-state index in [1.54, 1.807) is 0 Å². The smallest absolute Gasteiger partial charge is 0.0422 e. The lowest BCUT2D eigenvalue weighted by molar-refractivity contribution is 0.902. The second-order valence-electron chi connectivity index (χ2n) is 3.31. The minimum absolute atomic E-state index is 0.421. The third kappa shape index (κ3) is 2.28. The molecule has 0 aliphatic heterocycles. The Morgan fingerprint density at radius 1 is 1.31 bits per heavy atom. The summed E-state index contributed by atoms with van der Waals surface area (Å²) in [6, 6.07) is 8.14. The second-order valence-corrected chi connectivity index (χ2v) is 3.75. The molecule has 2 heteroatoms. The fraction of sp³-hybridized carbons (Fsp3) is 0.364. The van der Waals surface area contributed by atoms with E-state index in [0.717, 1.165) is 16.1 Å². The highest BCUT2D eigenvalue weighted by Gasteiger charge is 2.08. The Balaban J connectivity index is 3.06. The molecule has 0 aliphatic rings. The topological polar surface area (TPSA) is 12.0 Å². The molecule has 0 aliphatic carbocycles. The molecule has 13 heavy (non-hydrogen) atoms. The molecule has 0 unspecified atom stereocenters.